The molecule has 1 atom stereocenters. The summed E-state index contributed by atoms with van der Waals surface area (Å²) in [6.45, 7) is 0.895. The molecule has 2 aliphatic rings. The highest BCUT2D eigenvalue weighted by Gasteiger charge is 2.35. The number of furan rings is 1. The number of hydrogen-bond acceptors (Lipinski definition) is 4. The predicted molar refractivity (Wildman–Crippen MR) is 83.6 cm³/mol. The molecule has 1 saturated heterocycles. The Kier molecular flexibility index (Phi) is 3.28. The molecule has 0 saturated carbocycles. The Morgan fingerprint density at radius 1 is 1.26 bits per heavy atom. The van der Waals surface area contributed by atoms with E-state index in [9.17, 15) is 13.2 Å². The highest BCUT2D eigenvalue weighted by molar-refractivity contribution is 7.89. The molecule has 2 aliphatic heterocycles. The van der Waals surface area contributed by atoms with Gasteiger partial charge in [0.05, 0.1) is 17.6 Å². The van der Waals surface area contributed by atoms with Crippen LogP contribution < -0.4 is 5.32 Å². The number of hydrogen-bond donors (Lipinski definition) is 1. The molecule has 1 N–H and O–H groups in total. The van der Waals surface area contributed by atoms with Crippen LogP contribution in [0, 0.1) is 0 Å². The first-order chi connectivity index (χ1) is 11.0. The van der Waals surface area contributed by atoms with Crippen molar-refractivity contribution in [3.8, 4) is 0 Å². The maximum atomic E-state index is 12.8. The van der Waals surface area contributed by atoms with Gasteiger partial charge in [-0.2, -0.15) is 4.31 Å². The van der Waals surface area contributed by atoms with Gasteiger partial charge in [0.1, 0.15) is 5.76 Å². The third kappa shape index (κ3) is 2.46. The summed E-state index contributed by atoms with van der Waals surface area (Å²) in [5.74, 6) is 0.817. The lowest BCUT2D eigenvalue weighted by Gasteiger charge is -2.16. The number of carbonyl (C=O) groups excluding carboxylic acids is 1. The van der Waals surface area contributed by atoms with Crippen LogP contribution in [0.15, 0.2) is 45.9 Å². The molecule has 0 spiro atoms. The fourth-order valence-electron chi connectivity index (χ4n) is 3.22. The van der Waals surface area contributed by atoms with Gasteiger partial charge in [0.15, 0.2) is 0 Å². The number of amides is 1. The Hall–Kier alpha value is -2.12. The summed E-state index contributed by atoms with van der Waals surface area (Å²) in [7, 11) is -3.55. The van der Waals surface area contributed by atoms with E-state index in [1.54, 1.807) is 24.5 Å². The molecule has 0 bridgehead atoms. The number of carbonyl (C=O) groups is 1. The number of fused-ring (bicyclic) bond motifs is 1. The Balaban J connectivity index is 1.59. The molecule has 2 aromatic rings. The van der Waals surface area contributed by atoms with Gasteiger partial charge in [0.2, 0.25) is 15.9 Å². The smallest absolute Gasteiger partial charge is 0.243 e. The summed E-state index contributed by atoms with van der Waals surface area (Å²) < 4.78 is 32.5. The second kappa shape index (κ2) is 5.21. The van der Waals surface area contributed by atoms with Crippen LogP contribution in [-0.2, 0) is 21.2 Å². The van der Waals surface area contributed by atoms with E-state index >= 15 is 0 Å². The van der Waals surface area contributed by atoms with Gasteiger partial charge in [-0.05, 0) is 42.3 Å². The Morgan fingerprint density at radius 3 is 2.91 bits per heavy atom. The maximum Gasteiger partial charge on any atom is 0.243 e. The van der Waals surface area contributed by atoms with Gasteiger partial charge >= 0.3 is 0 Å². The van der Waals surface area contributed by atoms with Crippen molar-refractivity contribution in [3.05, 3.63) is 47.9 Å². The van der Waals surface area contributed by atoms with Crippen molar-refractivity contribution in [1.82, 2.24) is 4.31 Å². The first-order valence-electron chi connectivity index (χ1n) is 7.50. The summed E-state index contributed by atoms with van der Waals surface area (Å²) in [5, 5.41) is 2.71. The number of rotatable bonds is 3. The largest absolute Gasteiger partial charge is 0.469 e. The monoisotopic (exact) mass is 332 g/mol. The van der Waals surface area contributed by atoms with E-state index in [0.29, 0.717) is 18.8 Å². The average Bonchev–Trinajstić information content (AvgIpc) is 3.25. The van der Waals surface area contributed by atoms with Gasteiger partial charge in [-0.15, -0.1) is 0 Å². The molecule has 1 aromatic heterocycles. The number of benzene rings is 1. The Morgan fingerprint density at radius 2 is 2.13 bits per heavy atom. The predicted octanol–water partition coefficient (Wildman–Crippen LogP) is 1.95. The lowest BCUT2D eigenvalue weighted by molar-refractivity contribution is -0.115. The normalized spacial score (nSPS) is 21.4. The Labute approximate surface area is 134 Å². The molecule has 4 rings (SSSR count). The first-order valence-corrected chi connectivity index (χ1v) is 8.94. The number of nitrogens with one attached hydrogen (secondary N) is 1. The van der Waals surface area contributed by atoms with Crippen molar-refractivity contribution >= 4 is 21.6 Å². The van der Waals surface area contributed by atoms with Crippen LogP contribution in [-0.4, -0.2) is 31.7 Å². The lowest BCUT2D eigenvalue weighted by Crippen LogP contribution is -2.28. The van der Waals surface area contributed by atoms with Crippen LogP contribution in [0.1, 0.15) is 23.7 Å². The maximum absolute atomic E-state index is 12.8. The van der Waals surface area contributed by atoms with Crippen molar-refractivity contribution in [2.75, 3.05) is 18.4 Å². The second-order valence-corrected chi connectivity index (χ2v) is 7.85. The Bertz CT molecular complexity index is 858. The van der Waals surface area contributed by atoms with Crippen LogP contribution >= 0.6 is 0 Å². The molecule has 6 nitrogen and oxygen atoms in total. The van der Waals surface area contributed by atoms with E-state index in [0.717, 1.165) is 17.7 Å². The SMILES string of the molecule is O=C1Cc2cc(S(=O)(=O)N3CCC(c4ccco4)C3)ccc2N1. The van der Waals surface area contributed by atoms with Crippen molar-refractivity contribution in [2.45, 2.75) is 23.7 Å². The zero-order chi connectivity index (χ0) is 16.0. The van der Waals surface area contributed by atoms with E-state index in [4.69, 9.17) is 4.42 Å². The van der Waals surface area contributed by atoms with Crippen molar-refractivity contribution in [2.24, 2.45) is 0 Å². The third-order valence-corrected chi connectivity index (χ3v) is 6.30. The number of sulfonamides is 1. The average molecular weight is 332 g/mol. The molecule has 1 aromatic carbocycles. The number of anilines is 1. The minimum Gasteiger partial charge on any atom is -0.469 e. The molecule has 1 fully saturated rings. The van der Waals surface area contributed by atoms with Gasteiger partial charge in [0.25, 0.3) is 0 Å². The number of nitrogens with zero attached hydrogens (tertiary/aromatic N) is 1. The van der Waals surface area contributed by atoms with E-state index in [2.05, 4.69) is 5.32 Å². The van der Waals surface area contributed by atoms with Crippen LogP contribution in [0.25, 0.3) is 0 Å². The fraction of sp³-hybridized carbons (Fsp3) is 0.312. The molecule has 0 aliphatic carbocycles. The van der Waals surface area contributed by atoms with Crippen LogP contribution in [0.4, 0.5) is 5.69 Å². The highest BCUT2D eigenvalue weighted by atomic mass is 32.2. The summed E-state index contributed by atoms with van der Waals surface area (Å²) in [6, 6.07) is 8.51. The third-order valence-electron chi connectivity index (χ3n) is 4.44. The van der Waals surface area contributed by atoms with E-state index in [-0.39, 0.29) is 23.1 Å². The summed E-state index contributed by atoms with van der Waals surface area (Å²) in [4.78, 5) is 11.7. The molecule has 23 heavy (non-hydrogen) atoms. The van der Waals surface area contributed by atoms with Crippen LogP contribution in [0.3, 0.4) is 0 Å². The summed E-state index contributed by atoms with van der Waals surface area (Å²) >= 11 is 0. The topological polar surface area (TPSA) is 79.6 Å². The molecule has 1 unspecified atom stereocenters. The molecule has 1 amide bonds. The lowest BCUT2D eigenvalue weighted by atomic mass is 10.1. The molecule has 7 heteroatoms. The summed E-state index contributed by atoms with van der Waals surface area (Å²) in [6.07, 6.45) is 2.59. The van der Waals surface area contributed by atoms with E-state index in [1.807, 2.05) is 12.1 Å². The molecule has 120 valence electrons. The minimum absolute atomic E-state index is 0.0949. The molecule has 3 heterocycles. The van der Waals surface area contributed by atoms with Crippen LogP contribution in [0.2, 0.25) is 0 Å². The molecular weight excluding hydrogens is 316 g/mol. The second-order valence-electron chi connectivity index (χ2n) is 5.91. The van der Waals surface area contributed by atoms with Gasteiger partial charge in [-0.3, -0.25) is 4.79 Å². The fourth-order valence-corrected chi connectivity index (χ4v) is 4.77. The minimum atomic E-state index is -3.55. The van der Waals surface area contributed by atoms with E-state index < -0.39 is 10.0 Å². The van der Waals surface area contributed by atoms with Gasteiger partial charge in [-0.25, -0.2) is 8.42 Å². The zero-order valence-electron chi connectivity index (χ0n) is 12.4. The van der Waals surface area contributed by atoms with Gasteiger partial charge < -0.3 is 9.73 Å². The summed E-state index contributed by atoms with van der Waals surface area (Å²) in [5.41, 5.74) is 1.43. The highest BCUT2D eigenvalue weighted by Crippen LogP contribution is 2.33. The standard InChI is InChI=1S/C16H16N2O4S/c19-16-9-12-8-13(3-4-14(12)17-16)23(20,21)18-6-5-11(10-18)15-2-1-7-22-15/h1-4,7-8,11H,5-6,9-10H2,(H,17,19). The van der Waals surface area contributed by atoms with Crippen molar-refractivity contribution < 1.29 is 17.6 Å². The molecular formula is C16H16N2O4S. The van der Waals surface area contributed by atoms with Gasteiger partial charge in [-0.1, -0.05) is 0 Å². The van der Waals surface area contributed by atoms with E-state index in [1.165, 1.54) is 4.31 Å². The van der Waals surface area contributed by atoms with Crippen molar-refractivity contribution in [3.63, 3.8) is 0 Å². The molecule has 0 radical (unpaired) electrons. The van der Waals surface area contributed by atoms with Crippen LogP contribution in [0.5, 0.6) is 0 Å². The van der Waals surface area contributed by atoms with Gasteiger partial charge in [0, 0.05) is 24.7 Å². The first kappa shape index (κ1) is 14.5. The quantitative estimate of drug-likeness (QED) is 0.932. The van der Waals surface area contributed by atoms with Crippen molar-refractivity contribution in [1.29, 1.82) is 0 Å². The zero-order valence-corrected chi connectivity index (χ0v) is 13.2.